The molecular formula is C16H23NO3. The van der Waals surface area contributed by atoms with Gasteiger partial charge in [-0.15, -0.1) is 0 Å². The van der Waals surface area contributed by atoms with Crippen molar-refractivity contribution < 1.29 is 14.6 Å². The van der Waals surface area contributed by atoms with E-state index in [0.29, 0.717) is 18.9 Å². The van der Waals surface area contributed by atoms with Crippen molar-refractivity contribution in [2.24, 2.45) is 5.92 Å². The molecule has 1 aliphatic rings. The minimum Gasteiger partial charge on any atom is -0.491 e. The normalized spacial score (nSPS) is 15.2. The van der Waals surface area contributed by atoms with Gasteiger partial charge in [-0.05, 0) is 24.8 Å². The van der Waals surface area contributed by atoms with E-state index in [1.165, 1.54) is 25.7 Å². The highest BCUT2D eigenvalue weighted by Crippen LogP contribution is 2.27. The predicted octanol–water partition coefficient (Wildman–Crippen LogP) is 2.25. The second-order valence-electron chi connectivity index (χ2n) is 5.31. The summed E-state index contributed by atoms with van der Waals surface area (Å²) in [7, 11) is 0. The largest absolute Gasteiger partial charge is 0.491 e. The first-order valence-corrected chi connectivity index (χ1v) is 7.38. The zero-order valence-corrected chi connectivity index (χ0v) is 11.8. The molecule has 0 radical (unpaired) electrons. The van der Waals surface area contributed by atoms with E-state index in [0.717, 1.165) is 11.3 Å². The van der Waals surface area contributed by atoms with Gasteiger partial charge in [0.1, 0.15) is 12.4 Å². The third-order valence-corrected chi connectivity index (χ3v) is 3.75. The van der Waals surface area contributed by atoms with Crippen LogP contribution in [0.1, 0.15) is 37.7 Å². The Kier molecular flexibility index (Phi) is 5.87. The fraction of sp³-hybridized carbons (Fsp3) is 0.562. The summed E-state index contributed by atoms with van der Waals surface area (Å²) in [6, 6.07) is 7.59. The lowest BCUT2D eigenvalue weighted by Crippen LogP contribution is -2.24. The molecule has 0 aromatic heterocycles. The molecular weight excluding hydrogens is 254 g/mol. The van der Waals surface area contributed by atoms with Crippen LogP contribution in [-0.2, 0) is 11.3 Å². The molecule has 2 rings (SSSR count). The van der Waals surface area contributed by atoms with E-state index in [2.05, 4.69) is 5.32 Å². The number of aliphatic hydroxyl groups is 1. The number of ether oxygens (including phenoxy) is 1. The van der Waals surface area contributed by atoms with E-state index in [9.17, 15) is 4.79 Å². The van der Waals surface area contributed by atoms with Gasteiger partial charge in [0.05, 0.1) is 6.61 Å². The lowest BCUT2D eigenvalue weighted by molar-refractivity contribution is -0.122. The summed E-state index contributed by atoms with van der Waals surface area (Å²) in [4.78, 5) is 11.9. The molecule has 1 aromatic carbocycles. The van der Waals surface area contributed by atoms with Gasteiger partial charge in [0.2, 0.25) is 5.91 Å². The van der Waals surface area contributed by atoms with Crippen LogP contribution in [0.25, 0.3) is 0 Å². The molecule has 1 amide bonds. The number of nitrogens with one attached hydrogen (secondary N) is 1. The van der Waals surface area contributed by atoms with Crippen molar-refractivity contribution >= 4 is 5.91 Å². The third-order valence-electron chi connectivity index (χ3n) is 3.75. The van der Waals surface area contributed by atoms with Crippen molar-refractivity contribution in [2.45, 2.75) is 38.6 Å². The smallest absolute Gasteiger partial charge is 0.220 e. The Morgan fingerprint density at radius 3 is 2.80 bits per heavy atom. The number of benzene rings is 1. The van der Waals surface area contributed by atoms with Gasteiger partial charge >= 0.3 is 0 Å². The van der Waals surface area contributed by atoms with Crippen LogP contribution in [0, 0.1) is 5.92 Å². The molecule has 1 aromatic rings. The van der Waals surface area contributed by atoms with Crippen molar-refractivity contribution in [1.82, 2.24) is 5.32 Å². The van der Waals surface area contributed by atoms with Crippen LogP contribution in [-0.4, -0.2) is 24.2 Å². The standard InChI is InChI=1S/C16H23NO3/c18-9-10-20-15-8-4-3-7-14(15)12-17-16(19)11-13-5-1-2-6-13/h3-4,7-8,13,18H,1-2,5-6,9-12H2,(H,17,19). The van der Waals surface area contributed by atoms with E-state index in [-0.39, 0.29) is 19.1 Å². The molecule has 0 spiro atoms. The number of aliphatic hydroxyl groups excluding tert-OH is 1. The molecule has 0 aliphatic heterocycles. The zero-order valence-electron chi connectivity index (χ0n) is 11.8. The van der Waals surface area contributed by atoms with Gasteiger partial charge in [-0.25, -0.2) is 0 Å². The average molecular weight is 277 g/mol. The summed E-state index contributed by atoms with van der Waals surface area (Å²) in [5.74, 6) is 1.41. The maximum Gasteiger partial charge on any atom is 0.220 e. The summed E-state index contributed by atoms with van der Waals surface area (Å²) >= 11 is 0. The molecule has 1 aliphatic carbocycles. The van der Waals surface area contributed by atoms with Crippen molar-refractivity contribution in [3.05, 3.63) is 29.8 Å². The molecule has 1 saturated carbocycles. The van der Waals surface area contributed by atoms with Crippen LogP contribution >= 0.6 is 0 Å². The van der Waals surface area contributed by atoms with E-state index < -0.39 is 0 Å². The number of para-hydroxylation sites is 1. The summed E-state index contributed by atoms with van der Waals surface area (Å²) in [6.07, 6.45) is 5.53. The Labute approximate surface area is 120 Å². The van der Waals surface area contributed by atoms with Crippen LogP contribution in [0.5, 0.6) is 5.75 Å². The topological polar surface area (TPSA) is 58.6 Å². The molecule has 20 heavy (non-hydrogen) atoms. The number of carbonyl (C=O) groups is 1. The Balaban J connectivity index is 1.81. The first-order chi connectivity index (χ1) is 9.79. The summed E-state index contributed by atoms with van der Waals surface area (Å²) in [5.41, 5.74) is 0.945. The average Bonchev–Trinajstić information content (AvgIpc) is 2.96. The van der Waals surface area contributed by atoms with Crippen molar-refractivity contribution in [3.63, 3.8) is 0 Å². The number of hydrogen-bond acceptors (Lipinski definition) is 3. The van der Waals surface area contributed by atoms with Gasteiger partial charge in [0.25, 0.3) is 0 Å². The fourth-order valence-electron chi connectivity index (χ4n) is 2.69. The van der Waals surface area contributed by atoms with Gasteiger partial charge < -0.3 is 15.2 Å². The molecule has 110 valence electrons. The SMILES string of the molecule is O=C(CC1CCCC1)NCc1ccccc1OCCO. The minimum atomic E-state index is -0.0115. The minimum absolute atomic E-state index is 0.0115. The Hall–Kier alpha value is -1.55. The second kappa shape index (κ2) is 7.90. The first-order valence-electron chi connectivity index (χ1n) is 7.38. The fourth-order valence-corrected chi connectivity index (χ4v) is 2.69. The van der Waals surface area contributed by atoms with E-state index in [4.69, 9.17) is 9.84 Å². The highest BCUT2D eigenvalue weighted by molar-refractivity contribution is 5.76. The van der Waals surface area contributed by atoms with Crippen LogP contribution in [0.4, 0.5) is 0 Å². The van der Waals surface area contributed by atoms with E-state index >= 15 is 0 Å². The van der Waals surface area contributed by atoms with Crippen molar-refractivity contribution in [3.8, 4) is 5.75 Å². The van der Waals surface area contributed by atoms with Gasteiger partial charge in [0, 0.05) is 18.5 Å². The van der Waals surface area contributed by atoms with Gasteiger partial charge in [-0.3, -0.25) is 4.79 Å². The number of hydrogen-bond donors (Lipinski definition) is 2. The molecule has 0 bridgehead atoms. The van der Waals surface area contributed by atoms with Crippen LogP contribution in [0.15, 0.2) is 24.3 Å². The van der Waals surface area contributed by atoms with Crippen LogP contribution < -0.4 is 10.1 Å². The maximum absolute atomic E-state index is 11.9. The summed E-state index contributed by atoms with van der Waals surface area (Å²) in [6.45, 7) is 0.739. The van der Waals surface area contributed by atoms with Crippen molar-refractivity contribution in [1.29, 1.82) is 0 Å². The van der Waals surface area contributed by atoms with Gasteiger partial charge in [-0.1, -0.05) is 31.0 Å². The molecule has 4 nitrogen and oxygen atoms in total. The van der Waals surface area contributed by atoms with Crippen LogP contribution in [0.3, 0.4) is 0 Å². The van der Waals surface area contributed by atoms with Gasteiger partial charge in [-0.2, -0.15) is 0 Å². The molecule has 1 fully saturated rings. The Morgan fingerprint density at radius 1 is 1.30 bits per heavy atom. The Bertz CT molecular complexity index is 427. The van der Waals surface area contributed by atoms with E-state index in [1.807, 2.05) is 24.3 Å². The second-order valence-corrected chi connectivity index (χ2v) is 5.31. The monoisotopic (exact) mass is 277 g/mol. The number of carbonyl (C=O) groups excluding carboxylic acids is 1. The lowest BCUT2D eigenvalue weighted by atomic mass is 10.0. The summed E-state index contributed by atoms with van der Waals surface area (Å²) in [5, 5.41) is 11.8. The van der Waals surface area contributed by atoms with Gasteiger partial charge in [0.15, 0.2) is 0 Å². The molecule has 0 atom stereocenters. The van der Waals surface area contributed by atoms with Crippen LogP contribution in [0.2, 0.25) is 0 Å². The highest BCUT2D eigenvalue weighted by Gasteiger charge is 2.18. The third kappa shape index (κ3) is 4.53. The Morgan fingerprint density at radius 2 is 2.05 bits per heavy atom. The first kappa shape index (κ1) is 14.9. The highest BCUT2D eigenvalue weighted by atomic mass is 16.5. The number of rotatable bonds is 7. The molecule has 0 saturated heterocycles. The molecule has 0 unspecified atom stereocenters. The molecule has 2 N–H and O–H groups in total. The summed E-state index contributed by atoms with van der Waals surface area (Å²) < 4.78 is 5.45. The van der Waals surface area contributed by atoms with Crippen molar-refractivity contribution in [2.75, 3.05) is 13.2 Å². The quantitative estimate of drug-likeness (QED) is 0.803. The lowest BCUT2D eigenvalue weighted by Gasteiger charge is -2.13. The zero-order chi connectivity index (χ0) is 14.2. The number of amides is 1. The maximum atomic E-state index is 11.9. The molecule has 4 heteroatoms. The molecule has 0 heterocycles. The van der Waals surface area contributed by atoms with E-state index in [1.54, 1.807) is 0 Å². The predicted molar refractivity (Wildman–Crippen MR) is 77.4 cm³/mol.